The third kappa shape index (κ3) is 2.06. The largest absolute Gasteiger partial charge is 0.392 e. The van der Waals surface area contributed by atoms with Crippen molar-refractivity contribution in [3.8, 4) is 0 Å². The van der Waals surface area contributed by atoms with Crippen molar-refractivity contribution < 1.29 is 5.11 Å². The molecule has 0 saturated heterocycles. The van der Waals surface area contributed by atoms with Crippen LogP contribution in [0.2, 0.25) is 0 Å². The number of aliphatic hydroxyl groups excluding tert-OH is 1. The van der Waals surface area contributed by atoms with Gasteiger partial charge >= 0.3 is 0 Å². The molecule has 2 heterocycles. The van der Waals surface area contributed by atoms with E-state index in [0.717, 1.165) is 35.4 Å². The number of anilines is 1. The van der Waals surface area contributed by atoms with Crippen molar-refractivity contribution in [3.63, 3.8) is 0 Å². The lowest BCUT2D eigenvalue weighted by Gasteiger charge is -2.18. The first kappa shape index (κ1) is 12.4. The lowest BCUT2D eigenvalue weighted by molar-refractivity contribution is 0.283. The van der Waals surface area contributed by atoms with Crippen molar-refractivity contribution in [2.75, 3.05) is 4.90 Å². The molecule has 0 fully saturated rings. The van der Waals surface area contributed by atoms with Crippen LogP contribution in [0.3, 0.4) is 0 Å². The second-order valence-corrected chi connectivity index (χ2v) is 5.44. The third-order valence-electron chi connectivity index (χ3n) is 4.12. The van der Waals surface area contributed by atoms with E-state index < -0.39 is 0 Å². The Morgan fingerprint density at radius 1 is 0.952 bits per heavy atom. The minimum Gasteiger partial charge on any atom is -0.392 e. The van der Waals surface area contributed by atoms with E-state index in [2.05, 4.69) is 29.2 Å². The molecule has 104 valence electrons. The molecule has 1 aliphatic heterocycles. The monoisotopic (exact) mass is 276 g/mol. The van der Waals surface area contributed by atoms with Crippen LogP contribution in [0.25, 0.3) is 10.9 Å². The van der Waals surface area contributed by atoms with Crippen molar-refractivity contribution in [1.29, 1.82) is 0 Å². The summed E-state index contributed by atoms with van der Waals surface area (Å²) in [7, 11) is 0. The summed E-state index contributed by atoms with van der Waals surface area (Å²) in [6.07, 6.45) is 0. The van der Waals surface area contributed by atoms with Crippen LogP contribution in [0.1, 0.15) is 16.7 Å². The first-order valence-corrected chi connectivity index (χ1v) is 7.16. The van der Waals surface area contributed by atoms with E-state index in [9.17, 15) is 5.11 Å². The molecular formula is C18H16N2O. The Labute approximate surface area is 123 Å². The van der Waals surface area contributed by atoms with Crippen LogP contribution < -0.4 is 4.90 Å². The Morgan fingerprint density at radius 2 is 1.62 bits per heavy atom. The number of hydrogen-bond donors (Lipinski definition) is 1. The Bertz CT molecular complexity index is 788. The molecule has 3 aromatic rings. The van der Waals surface area contributed by atoms with Crippen molar-refractivity contribution in [3.05, 3.63) is 71.3 Å². The van der Waals surface area contributed by atoms with Crippen molar-refractivity contribution in [2.45, 2.75) is 19.7 Å². The number of aliphatic hydroxyl groups is 1. The van der Waals surface area contributed by atoms with Crippen molar-refractivity contribution in [1.82, 2.24) is 4.98 Å². The third-order valence-corrected chi connectivity index (χ3v) is 4.12. The summed E-state index contributed by atoms with van der Waals surface area (Å²) in [5.41, 5.74) is 4.59. The number of benzene rings is 2. The maximum Gasteiger partial charge on any atom is 0.130 e. The Hall–Kier alpha value is -2.39. The lowest BCUT2D eigenvalue weighted by atomic mass is 10.1. The molecule has 1 aliphatic rings. The first-order valence-electron chi connectivity index (χ1n) is 7.16. The van der Waals surface area contributed by atoms with Crippen LogP contribution in [0.4, 0.5) is 5.82 Å². The highest BCUT2D eigenvalue weighted by molar-refractivity contribution is 5.84. The molecule has 1 aromatic heterocycles. The van der Waals surface area contributed by atoms with Gasteiger partial charge in [-0.3, -0.25) is 0 Å². The number of hydrogen-bond acceptors (Lipinski definition) is 3. The molecule has 0 aliphatic carbocycles. The Kier molecular flexibility index (Phi) is 2.86. The number of fused-ring (bicyclic) bond motifs is 2. The molecular weight excluding hydrogens is 260 g/mol. The Morgan fingerprint density at radius 3 is 2.33 bits per heavy atom. The quantitative estimate of drug-likeness (QED) is 0.780. The topological polar surface area (TPSA) is 36.4 Å². The van der Waals surface area contributed by atoms with Gasteiger partial charge in [-0.25, -0.2) is 4.98 Å². The smallest absolute Gasteiger partial charge is 0.130 e. The maximum absolute atomic E-state index is 9.63. The minimum absolute atomic E-state index is 0.0385. The van der Waals surface area contributed by atoms with Gasteiger partial charge in [0.1, 0.15) is 5.82 Å². The highest BCUT2D eigenvalue weighted by Crippen LogP contribution is 2.29. The summed E-state index contributed by atoms with van der Waals surface area (Å²) in [5, 5.41) is 10.7. The fourth-order valence-electron chi connectivity index (χ4n) is 3.02. The van der Waals surface area contributed by atoms with Crippen LogP contribution >= 0.6 is 0 Å². The fourth-order valence-corrected chi connectivity index (χ4v) is 3.02. The average Bonchev–Trinajstić information content (AvgIpc) is 2.98. The summed E-state index contributed by atoms with van der Waals surface area (Å²) >= 11 is 0. The molecule has 4 rings (SSSR count). The van der Waals surface area contributed by atoms with Gasteiger partial charge in [0.15, 0.2) is 0 Å². The van der Waals surface area contributed by atoms with Gasteiger partial charge in [-0.2, -0.15) is 0 Å². The zero-order valence-electron chi connectivity index (χ0n) is 11.7. The van der Waals surface area contributed by atoms with E-state index in [0.29, 0.717) is 0 Å². The molecule has 21 heavy (non-hydrogen) atoms. The molecule has 0 atom stereocenters. The van der Waals surface area contributed by atoms with E-state index in [-0.39, 0.29) is 6.61 Å². The molecule has 0 saturated carbocycles. The number of aromatic nitrogens is 1. The van der Waals surface area contributed by atoms with Gasteiger partial charge in [-0.1, -0.05) is 42.5 Å². The molecule has 3 heteroatoms. The van der Waals surface area contributed by atoms with Crippen molar-refractivity contribution >= 4 is 16.7 Å². The van der Waals surface area contributed by atoms with Crippen LogP contribution in [0.15, 0.2) is 54.6 Å². The van der Waals surface area contributed by atoms with E-state index in [1.54, 1.807) is 0 Å². The highest BCUT2D eigenvalue weighted by atomic mass is 16.3. The predicted octanol–water partition coefficient (Wildman–Crippen LogP) is 3.25. The second-order valence-electron chi connectivity index (χ2n) is 5.44. The minimum atomic E-state index is 0.0385. The number of para-hydroxylation sites is 1. The Balaban J connectivity index is 1.78. The number of rotatable bonds is 2. The molecule has 2 aromatic carbocycles. The van der Waals surface area contributed by atoms with Gasteiger partial charge in [-0.05, 0) is 28.8 Å². The summed E-state index contributed by atoms with van der Waals surface area (Å²) < 4.78 is 0. The molecule has 1 N–H and O–H groups in total. The van der Waals surface area contributed by atoms with Crippen LogP contribution in [0, 0.1) is 0 Å². The van der Waals surface area contributed by atoms with Gasteiger partial charge in [0.2, 0.25) is 0 Å². The summed E-state index contributed by atoms with van der Waals surface area (Å²) in [4.78, 5) is 7.02. The van der Waals surface area contributed by atoms with Gasteiger partial charge in [0, 0.05) is 18.5 Å². The summed E-state index contributed by atoms with van der Waals surface area (Å²) in [6.45, 7) is 1.80. The SMILES string of the molecule is OCc1cc(N2Cc3ccccc3C2)nc2ccccc12. The molecule has 0 unspecified atom stereocenters. The summed E-state index contributed by atoms with van der Waals surface area (Å²) in [6, 6.07) is 18.5. The van der Waals surface area contributed by atoms with Crippen LogP contribution in [0.5, 0.6) is 0 Å². The fraction of sp³-hybridized carbons (Fsp3) is 0.167. The standard InChI is InChI=1S/C18H16N2O/c21-12-15-9-18(19-17-8-4-3-7-16(15)17)20-10-13-5-1-2-6-14(13)11-20/h1-9,21H,10-12H2. The van der Waals surface area contributed by atoms with E-state index in [1.165, 1.54) is 11.1 Å². The highest BCUT2D eigenvalue weighted by Gasteiger charge is 2.20. The molecule has 0 amide bonds. The second kappa shape index (κ2) is 4.86. The predicted molar refractivity (Wildman–Crippen MR) is 84.0 cm³/mol. The number of pyridine rings is 1. The van der Waals surface area contributed by atoms with Crippen LogP contribution in [-0.2, 0) is 19.7 Å². The molecule has 0 spiro atoms. The average molecular weight is 276 g/mol. The van der Waals surface area contributed by atoms with Gasteiger partial charge in [0.25, 0.3) is 0 Å². The zero-order chi connectivity index (χ0) is 14.2. The first-order chi connectivity index (χ1) is 10.3. The normalized spacial score (nSPS) is 13.7. The van der Waals surface area contributed by atoms with Gasteiger partial charge < -0.3 is 10.0 Å². The van der Waals surface area contributed by atoms with Gasteiger partial charge in [0.05, 0.1) is 12.1 Å². The molecule has 0 bridgehead atoms. The van der Waals surface area contributed by atoms with Crippen molar-refractivity contribution in [2.24, 2.45) is 0 Å². The number of nitrogens with zero attached hydrogens (tertiary/aromatic N) is 2. The van der Waals surface area contributed by atoms with Crippen LogP contribution in [-0.4, -0.2) is 10.1 Å². The maximum atomic E-state index is 9.63. The molecule has 3 nitrogen and oxygen atoms in total. The van der Waals surface area contributed by atoms with E-state index in [4.69, 9.17) is 4.98 Å². The summed E-state index contributed by atoms with van der Waals surface area (Å²) in [5.74, 6) is 0.939. The lowest BCUT2D eigenvalue weighted by Crippen LogP contribution is -2.16. The van der Waals surface area contributed by atoms with Gasteiger partial charge in [-0.15, -0.1) is 0 Å². The van der Waals surface area contributed by atoms with E-state index >= 15 is 0 Å². The molecule has 0 radical (unpaired) electrons. The van der Waals surface area contributed by atoms with E-state index in [1.807, 2.05) is 30.3 Å². The zero-order valence-corrected chi connectivity index (χ0v) is 11.7.